The van der Waals surface area contributed by atoms with E-state index in [2.05, 4.69) is 72.7 Å². The Morgan fingerprint density at radius 3 is 2.38 bits per heavy atom. The first-order valence-corrected chi connectivity index (χ1v) is 8.45. The minimum absolute atomic E-state index is 0.283. The van der Waals surface area contributed by atoms with E-state index >= 15 is 0 Å². The van der Waals surface area contributed by atoms with Crippen LogP contribution in [0.3, 0.4) is 0 Å². The Morgan fingerprint density at radius 1 is 1.29 bits per heavy atom. The van der Waals surface area contributed by atoms with Crippen LogP contribution in [0, 0.1) is 22.7 Å². The molecule has 1 rings (SSSR count). The van der Waals surface area contributed by atoms with Crippen molar-refractivity contribution < 1.29 is 0 Å². The first-order chi connectivity index (χ1) is 9.55. The molecule has 0 aromatic rings. The Labute approximate surface area is 132 Å². The number of aliphatic imine (C=N–C) groups is 1. The van der Waals surface area contributed by atoms with Gasteiger partial charge in [0.25, 0.3) is 0 Å². The highest BCUT2D eigenvalue weighted by Gasteiger charge is 2.30. The molecule has 1 nitrogen and oxygen atoms in total. The molecule has 21 heavy (non-hydrogen) atoms. The smallest absolute Gasteiger partial charge is 0.0293 e. The van der Waals surface area contributed by atoms with Crippen molar-refractivity contribution in [3.63, 3.8) is 0 Å². The van der Waals surface area contributed by atoms with Crippen molar-refractivity contribution in [1.82, 2.24) is 0 Å². The number of hydrogen-bond donors (Lipinski definition) is 0. The van der Waals surface area contributed by atoms with Gasteiger partial charge in [-0.1, -0.05) is 60.1 Å². The molecule has 120 valence electrons. The molecule has 1 saturated carbocycles. The highest BCUT2D eigenvalue weighted by molar-refractivity contribution is 5.62. The second-order valence-electron chi connectivity index (χ2n) is 8.71. The number of allylic oxidation sites excluding steroid dienone is 3. The van der Waals surface area contributed by atoms with Crippen LogP contribution in [0.2, 0.25) is 0 Å². The predicted octanol–water partition coefficient (Wildman–Crippen LogP) is 6.42. The van der Waals surface area contributed by atoms with Crippen LogP contribution in [-0.4, -0.2) is 6.21 Å². The van der Waals surface area contributed by atoms with Gasteiger partial charge in [-0.15, -0.1) is 0 Å². The third kappa shape index (κ3) is 6.63. The van der Waals surface area contributed by atoms with E-state index in [-0.39, 0.29) is 5.41 Å². The molecule has 2 unspecified atom stereocenters. The Bertz CT molecular complexity index is 429. The number of nitrogens with zero attached hydrogens (tertiary/aromatic N) is 1. The van der Waals surface area contributed by atoms with Gasteiger partial charge in [-0.2, -0.15) is 0 Å². The van der Waals surface area contributed by atoms with Crippen molar-refractivity contribution in [2.45, 2.75) is 74.7 Å². The van der Waals surface area contributed by atoms with Gasteiger partial charge in [-0.05, 0) is 54.4 Å². The standard InChI is InChI=1S/C20H35N/c1-9-17-11-18(17)10-15(2)12-21-13-16(3)20(7,8)14-19(4,5)6/h10,12-13,16-17H,9,11,14H2,1-8H3. The van der Waals surface area contributed by atoms with E-state index in [9.17, 15) is 0 Å². The lowest BCUT2D eigenvalue weighted by Gasteiger charge is -2.35. The summed E-state index contributed by atoms with van der Waals surface area (Å²) in [6.07, 6.45) is 10.2. The fraction of sp³-hybridized carbons (Fsp3) is 0.750. The predicted molar refractivity (Wildman–Crippen MR) is 95.7 cm³/mol. The van der Waals surface area contributed by atoms with Crippen LogP contribution >= 0.6 is 0 Å². The van der Waals surface area contributed by atoms with Gasteiger partial charge in [-0.3, -0.25) is 4.99 Å². The van der Waals surface area contributed by atoms with Gasteiger partial charge in [-0.25, -0.2) is 0 Å². The maximum absolute atomic E-state index is 4.57. The Morgan fingerprint density at radius 2 is 1.90 bits per heavy atom. The molecule has 1 fully saturated rings. The van der Waals surface area contributed by atoms with E-state index in [0.29, 0.717) is 11.3 Å². The van der Waals surface area contributed by atoms with E-state index in [1.165, 1.54) is 24.8 Å². The summed E-state index contributed by atoms with van der Waals surface area (Å²) in [5.74, 6) is 1.33. The molecule has 0 heterocycles. The molecule has 0 radical (unpaired) electrons. The normalized spacial score (nSPS) is 23.9. The lowest BCUT2D eigenvalue weighted by Crippen LogP contribution is -2.28. The van der Waals surface area contributed by atoms with Crippen molar-refractivity contribution in [3.05, 3.63) is 23.4 Å². The molecule has 1 aliphatic carbocycles. The molecule has 2 atom stereocenters. The van der Waals surface area contributed by atoms with Gasteiger partial charge in [0, 0.05) is 12.4 Å². The summed E-state index contributed by atoms with van der Waals surface area (Å²) in [4.78, 5) is 4.57. The van der Waals surface area contributed by atoms with Crippen molar-refractivity contribution in [3.8, 4) is 0 Å². The first-order valence-electron chi connectivity index (χ1n) is 8.45. The van der Waals surface area contributed by atoms with Crippen LogP contribution in [0.5, 0.6) is 0 Å². The number of rotatable bonds is 6. The molecule has 0 bridgehead atoms. The lowest BCUT2D eigenvalue weighted by molar-refractivity contribution is 0.178. The number of hydrogen-bond acceptors (Lipinski definition) is 1. The largest absolute Gasteiger partial charge is 0.269 e. The van der Waals surface area contributed by atoms with Crippen LogP contribution < -0.4 is 0 Å². The van der Waals surface area contributed by atoms with Crippen molar-refractivity contribution >= 4 is 6.21 Å². The van der Waals surface area contributed by atoms with Crippen molar-refractivity contribution in [2.24, 2.45) is 27.7 Å². The molecular weight excluding hydrogens is 254 g/mol. The minimum Gasteiger partial charge on any atom is -0.269 e. The quantitative estimate of drug-likeness (QED) is 0.500. The summed E-state index contributed by atoms with van der Waals surface area (Å²) in [7, 11) is 0. The van der Waals surface area contributed by atoms with Crippen LogP contribution in [-0.2, 0) is 0 Å². The van der Waals surface area contributed by atoms with Gasteiger partial charge in [0.05, 0.1) is 0 Å². The third-order valence-corrected chi connectivity index (χ3v) is 4.56. The molecular formula is C20H35N. The summed E-state index contributed by atoms with van der Waals surface area (Å²) in [6.45, 7) is 18.3. The summed E-state index contributed by atoms with van der Waals surface area (Å²) >= 11 is 0. The molecule has 1 heteroatoms. The summed E-state index contributed by atoms with van der Waals surface area (Å²) in [5.41, 5.74) is 3.52. The zero-order valence-electron chi connectivity index (χ0n) is 15.5. The van der Waals surface area contributed by atoms with Crippen LogP contribution in [0.4, 0.5) is 0 Å². The second kappa shape index (κ2) is 6.94. The molecule has 0 aliphatic heterocycles. The van der Waals surface area contributed by atoms with Gasteiger partial charge in [0.1, 0.15) is 0 Å². The molecule has 0 aromatic heterocycles. The maximum Gasteiger partial charge on any atom is 0.0293 e. The average molecular weight is 290 g/mol. The summed E-state index contributed by atoms with van der Waals surface area (Å²) in [5, 5.41) is 0. The van der Waals surface area contributed by atoms with Crippen molar-refractivity contribution in [2.75, 3.05) is 0 Å². The summed E-state index contributed by atoms with van der Waals surface area (Å²) in [6, 6.07) is 0. The average Bonchev–Trinajstić information content (AvgIpc) is 3.04. The zero-order valence-corrected chi connectivity index (χ0v) is 15.5. The molecule has 0 N–H and O–H groups in total. The monoisotopic (exact) mass is 289 g/mol. The molecule has 0 aromatic carbocycles. The molecule has 1 aliphatic rings. The Hall–Kier alpha value is -0.850. The topological polar surface area (TPSA) is 12.4 Å². The van der Waals surface area contributed by atoms with E-state index in [0.717, 1.165) is 5.92 Å². The third-order valence-electron chi connectivity index (χ3n) is 4.56. The van der Waals surface area contributed by atoms with Crippen LogP contribution in [0.15, 0.2) is 28.4 Å². The Balaban J connectivity index is 2.57. The van der Waals surface area contributed by atoms with E-state index in [1.54, 1.807) is 5.57 Å². The van der Waals surface area contributed by atoms with E-state index < -0.39 is 0 Å². The first kappa shape index (κ1) is 18.2. The minimum atomic E-state index is 0.283. The zero-order chi connectivity index (χ0) is 16.3. The molecule has 0 amide bonds. The SMILES string of the molecule is CCC1CC1=CC(C)=CN=CC(C)C(C)(C)CC(C)(C)C. The second-order valence-corrected chi connectivity index (χ2v) is 8.71. The Kier molecular flexibility index (Phi) is 6.01. The highest BCUT2D eigenvalue weighted by Crippen LogP contribution is 2.41. The van der Waals surface area contributed by atoms with E-state index in [4.69, 9.17) is 0 Å². The van der Waals surface area contributed by atoms with Gasteiger partial charge in [0.2, 0.25) is 0 Å². The fourth-order valence-electron chi connectivity index (χ4n) is 3.16. The van der Waals surface area contributed by atoms with Crippen molar-refractivity contribution in [1.29, 1.82) is 0 Å². The molecule has 0 saturated heterocycles. The summed E-state index contributed by atoms with van der Waals surface area (Å²) < 4.78 is 0. The maximum atomic E-state index is 4.57. The highest BCUT2D eigenvalue weighted by atomic mass is 14.7. The van der Waals surface area contributed by atoms with Gasteiger partial charge in [0.15, 0.2) is 0 Å². The fourth-order valence-corrected chi connectivity index (χ4v) is 3.16. The van der Waals surface area contributed by atoms with Gasteiger partial charge >= 0.3 is 0 Å². The van der Waals surface area contributed by atoms with Crippen LogP contribution in [0.25, 0.3) is 0 Å². The van der Waals surface area contributed by atoms with Crippen LogP contribution in [0.1, 0.15) is 74.7 Å². The molecule has 0 spiro atoms. The van der Waals surface area contributed by atoms with Gasteiger partial charge < -0.3 is 0 Å². The van der Waals surface area contributed by atoms with E-state index in [1.807, 2.05) is 6.20 Å². The lowest BCUT2D eigenvalue weighted by atomic mass is 9.70.